The van der Waals surface area contributed by atoms with Crippen LogP contribution in [-0.2, 0) is 4.79 Å². The zero-order chi connectivity index (χ0) is 19.3. The van der Waals surface area contributed by atoms with Crippen LogP contribution in [-0.4, -0.2) is 60.8 Å². The van der Waals surface area contributed by atoms with Gasteiger partial charge in [0.1, 0.15) is 0 Å². The predicted octanol–water partition coefficient (Wildman–Crippen LogP) is 2.41. The molecule has 0 atom stereocenters. The SMILES string of the molecule is CCOc1c(Cl)cc(C(=O)NC2CC(N(CC)CC(=O)O)C2)cc1OC. The lowest BCUT2D eigenvalue weighted by atomic mass is 9.85. The number of halogens is 1. The maximum Gasteiger partial charge on any atom is 0.317 e. The quantitative estimate of drug-likeness (QED) is 0.679. The largest absolute Gasteiger partial charge is 0.493 e. The van der Waals surface area contributed by atoms with Gasteiger partial charge in [0.15, 0.2) is 11.5 Å². The number of amides is 1. The summed E-state index contributed by atoms with van der Waals surface area (Å²) in [6.45, 7) is 4.91. The number of carboxylic acid groups (broad SMARTS) is 1. The van der Waals surface area contributed by atoms with Gasteiger partial charge in [-0.1, -0.05) is 18.5 Å². The van der Waals surface area contributed by atoms with Crippen LogP contribution >= 0.6 is 11.6 Å². The molecule has 0 aromatic heterocycles. The summed E-state index contributed by atoms with van der Waals surface area (Å²) in [7, 11) is 1.49. The third-order valence-electron chi connectivity index (χ3n) is 4.49. The van der Waals surface area contributed by atoms with Crippen molar-refractivity contribution in [3.05, 3.63) is 22.7 Å². The summed E-state index contributed by atoms with van der Waals surface area (Å²) >= 11 is 6.21. The Kier molecular flexibility index (Phi) is 7.11. The number of likely N-dealkylation sites (N-methyl/N-ethyl adjacent to an activating group) is 1. The molecule has 1 fully saturated rings. The Morgan fingerprint density at radius 3 is 2.58 bits per heavy atom. The molecule has 1 aliphatic rings. The van der Waals surface area contributed by atoms with Gasteiger partial charge in [-0.15, -0.1) is 0 Å². The highest BCUT2D eigenvalue weighted by molar-refractivity contribution is 6.32. The number of carbonyl (C=O) groups is 2. The van der Waals surface area contributed by atoms with Crippen LogP contribution < -0.4 is 14.8 Å². The first kappa shape index (κ1) is 20.3. The first-order chi connectivity index (χ1) is 12.4. The summed E-state index contributed by atoms with van der Waals surface area (Å²) in [4.78, 5) is 25.3. The van der Waals surface area contributed by atoms with E-state index in [-0.39, 0.29) is 24.5 Å². The minimum Gasteiger partial charge on any atom is -0.493 e. The molecule has 0 radical (unpaired) electrons. The van der Waals surface area contributed by atoms with Crippen LogP contribution in [0.3, 0.4) is 0 Å². The van der Waals surface area contributed by atoms with Crippen molar-refractivity contribution in [2.24, 2.45) is 0 Å². The van der Waals surface area contributed by atoms with Crippen LogP contribution in [0, 0.1) is 0 Å². The smallest absolute Gasteiger partial charge is 0.317 e. The Morgan fingerprint density at radius 2 is 2.04 bits per heavy atom. The van der Waals surface area contributed by atoms with Crippen LogP contribution in [0.15, 0.2) is 12.1 Å². The Hall–Kier alpha value is -1.99. The van der Waals surface area contributed by atoms with E-state index in [1.54, 1.807) is 12.1 Å². The molecule has 0 bridgehead atoms. The van der Waals surface area contributed by atoms with E-state index in [1.165, 1.54) is 7.11 Å². The number of carboxylic acids is 1. The number of aliphatic carboxylic acids is 1. The fraction of sp³-hybridized carbons (Fsp3) is 0.556. The topological polar surface area (TPSA) is 88.1 Å². The number of methoxy groups -OCH3 is 1. The second kappa shape index (κ2) is 9.09. The molecule has 0 spiro atoms. The molecule has 26 heavy (non-hydrogen) atoms. The van der Waals surface area contributed by atoms with Crippen molar-refractivity contribution in [1.82, 2.24) is 10.2 Å². The first-order valence-corrected chi connectivity index (χ1v) is 9.04. The van der Waals surface area contributed by atoms with E-state index in [2.05, 4.69) is 5.32 Å². The van der Waals surface area contributed by atoms with E-state index >= 15 is 0 Å². The molecule has 1 amide bonds. The number of nitrogens with one attached hydrogen (secondary N) is 1. The Morgan fingerprint density at radius 1 is 1.35 bits per heavy atom. The number of carbonyl (C=O) groups excluding carboxylic acids is 1. The second-order valence-corrected chi connectivity index (χ2v) is 6.58. The van der Waals surface area contributed by atoms with Gasteiger partial charge in [-0.05, 0) is 38.4 Å². The van der Waals surface area contributed by atoms with E-state index in [1.807, 2.05) is 18.7 Å². The fourth-order valence-electron chi connectivity index (χ4n) is 3.08. The van der Waals surface area contributed by atoms with Gasteiger partial charge < -0.3 is 19.9 Å². The van der Waals surface area contributed by atoms with Crippen LogP contribution in [0.2, 0.25) is 5.02 Å². The monoisotopic (exact) mass is 384 g/mol. The van der Waals surface area contributed by atoms with Gasteiger partial charge in [0.25, 0.3) is 5.91 Å². The van der Waals surface area contributed by atoms with Crippen LogP contribution in [0.25, 0.3) is 0 Å². The third-order valence-corrected chi connectivity index (χ3v) is 4.77. The molecule has 8 heteroatoms. The number of benzene rings is 1. The summed E-state index contributed by atoms with van der Waals surface area (Å²) in [5.41, 5.74) is 0.400. The molecule has 0 aliphatic heterocycles. The Bertz CT molecular complexity index is 661. The van der Waals surface area contributed by atoms with Crippen molar-refractivity contribution in [2.75, 3.05) is 26.8 Å². The first-order valence-electron chi connectivity index (χ1n) is 8.66. The summed E-state index contributed by atoms with van der Waals surface area (Å²) in [6, 6.07) is 3.36. The van der Waals surface area contributed by atoms with Crippen molar-refractivity contribution in [3.63, 3.8) is 0 Å². The van der Waals surface area contributed by atoms with E-state index in [0.717, 1.165) is 12.8 Å². The van der Waals surface area contributed by atoms with Gasteiger partial charge in [0.2, 0.25) is 0 Å². The molecule has 1 saturated carbocycles. The lowest BCUT2D eigenvalue weighted by molar-refractivity contribution is -0.139. The van der Waals surface area contributed by atoms with Crippen molar-refractivity contribution in [3.8, 4) is 11.5 Å². The molecule has 1 aromatic carbocycles. The maximum absolute atomic E-state index is 12.5. The number of ether oxygens (including phenoxy) is 2. The molecule has 0 saturated heterocycles. The highest BCUT2D eigenvalue weighted by atomic mass is 35.5. The summed E-state index contributed by atoms with van der Waals surface area (Å²) in [5, 5.41) is 12.2. The molecular weight excluding hydrogens is 360 g/mol. The Labute approximate surface area is 158 Å². The van der Waals surface area contributed by atoms with Crippen LogP contribution in [0.4, 0.5) is 0 Å². The fourth-order valence-corrected chi connectivity index (χ4v) is 3.35. The number of nitrogens with zero attached hydrogens (tertiary/aromatic N) is 1. The molecule has 0 heterocycles. The molecule has 144 valence electrons. The molecule has 2 N–H and O–H groups in total. The highest BCUT2D eigenvalue weighted by Crippen LogP contribution is 2.36. The van der Waals surface area contributed by atoms with Crippen molar-refractivity contribution < 1.29 is 24.2 Å². The van der Waals surface area contributed by atoms with Crippen molar-refractivity contribution in [1.29, 1.82) is 0 Å². The van der Waals surface area contributed by atoms with Gasteiger partial charge in [0, 0.05) is 17.6 Å². The molecule has 1 aliphatic carbocycles. The maximum atomic E-state index is 12.5. The number of hydrogen-bond acceptors (Lipinski definition) is 5. The van der Waals surface area contributed by atoms with Gasteiger partial charge in [-0.3, -0.25) is 14.5 Å². The molecule has 0 unspecified atom stereocenters. The zero-order valence-electron chi connectivity index (χ0n) is 15.3. The van der Waals surface area contributed by atoms with Crippen molar-refractivity contribution >= 4 is 23.5 Å². The minimum atomic E-state index is -0.838. The standard InChI is InChI=1S/C18H25ClN2O5/c1-4-21(10-16(22)23)13-8-12(9-13)20-18(24)11-6-14(19)17(26-5-2)15(7-11)25-3/h6-7,12-13H,4-5,8-10H2,1-3H3,(H,20,24)(H,22,23). The summed E-state index contributed by atoms with van der Waals surface area (Å²) < 4.78 is 10.7. The van der Waals surface area contributed by atoms with Crippen molar-refractivity contribution in [2.45, 2.75) is 38.8 Å². The van der Waals surface area contributed by atoms with E-state index in [4.69, 9.17) is 26.2 Å². The normalized spacial score (nSPS) is 19.0. The van der Waals surface area contributed by atoms with E-state index in [0.29, 0.717) is 35.2 Å². The van der Waals surface area contributed by atoms with E-state index in [9.17, 15) is 9.59 Å². The third kappa shape index (κ3) is 4.80. The second-order valence-electron chi connectivity index (χ2n) is 6.17. The highest BCUT2D eigenvalue weighted by Gasteiger charge is 2.35. The van der Waals surface area contributed by atoms with Crippen LogP contribution in [0.1, 0.15) is 37.0 Å². The predicted molar refractivity (Wildman–Crippen MR) is 98.3 cm³/mol. The van der Waals surface area contributed by atoms with Crippen LogP contribution in [0.5, 0.6) is 11.5 Å². The minimum absolute atomic E-state index is 0.0201. The molecule has 1 aromatic rings. The van der Waals surface area contributed by atoms with E-state index < -0.39 is 5.97 Å². The average molecular weight is 385 g/mol. The van der Waals surface area contributed by atoms with Gasteiger partial charge in [0.05, 0.1) is 25.3 Å². The van der Waals surface area contributed by atoms with Gasteiger partial charge in [-0.25, -0.2) is 0 Å². The molecule has 2 rings (SSSR count). The Balaban J connectivity index is 1.97. The summed E-state index contributed by atoms with van der Waals surface area (Å²) in [5.74, 6) is -0.243. The lowest BCUT2D eigenvalue weighted by Gasteiger charge is -2.42. The summed E-state index contributed by atoms with van der Waals surface area (Å²) in [6.07, 6.45) is 1.46. The van der Waals surface area contributed by atoms with Gasteiger partial charge in [-0.2, -0.15) is 0 Å². The van der Waals surface area contributed by atoms with Gasteiger partial charge >= 0.3 is 5.97 Å². The average Bonchev–Trinajstić information content (AvgIpc) is 2.57. The molecular formula is C18H25ClN2O5. The lowest BCUT2D eigenvalue weighted by Crippen LogP contribution is -2.54. The number of hydrogen-bond donors (Lipinski definition) is 2. The number of rotatable bonds is 9. The zero-order valence-corrected chi connectivity index (χ0v) is 16.0. The molecule has 7 nitrogen and oxygen atoms in total.